The number of halogens is 1. The summed E-state index contributed by atoms with van der Waals surface area (Å²) >= 11 is 3.26. The number of Topliss-reactive ketones (excluding diaryl/α,β-unsaturated/α-hetero) is 1. The molecule has 0 saturated heterocycles. The highest BCUT2D eigenvalue weighted by Crippen LogP contribution is 2.22. The van der Waals surface area contributed by atoms with Crippen LogP contribution in [0.2, 0.25) is 0 Å². The van der Waals surface area contributed by atoms with E-state index in [0.717, 1.165) is 15.6 Å². The van der Waals surface area contributed by atoms with Crippen LogP contribution in [0.3, 0.4) is 0 Å². The third-order valence-corrected chi connectivity index (χ3v) is 3.07. The first-order chi connectivity index (χ1) is 9.06. The second kappa shape index (κ2) is 5.73. The van der Waals surface area contributed by atoms with Crippen LogP contribution in [0.25, 0.3) is 0 Å². The Morgan fingerprint density at radius 1 is 1.16 bits per heavy atom. The van der Waals surface area contributed by atoms with Gasteiger partial charge in [-0.3, -0.25) is 4.79 Å². The number of benzene rings is 2. The van der Waals surface area contributed by atoms with E-state index in [2.05, 4.69) is 27.8 Å². The van der Waals surface area contributed by atoms with Crippen molar-refractivity contribution in [3.05, 3.63) is 63.6 Å². The minimum atomic E-state index is -0.403. The number of aromatic hydroxyl groups is 1. The van der Waals surface area contributed by atoms with Gasteiger partial charge in [-0.25, -0.2) is 0 Å². The molecule has 0 saturated carbocycles. The largest absolute Gasteiger partial charge is 0.507 e. The van der Waals surface area contributed by atoms with Crippen LogP contribution in [0.15, 0.2) is 46.9 Å². The average molecular weight is 315 g/mol. The van der Waals surface area contributed by atoms with Crippen LogP contribution in [-0.2, 0) is 0 Å². The lowest BCUT2D eigenvalue weighted by atomic mass is 10.1. The Labute approximate surface area is 120 Å². The molecule has 0 aliphatic carbocycles. The molecule has 0 atom stereocenters. The number of rotatable bonds is 1. The van der Waals surface area contributed by atoms with Gasteiger partial charge in [-0.15, -0.1) is 0 Å². The predicted molar refractivity (Wildman–Crippen MR) is 78.2 cm³/mol. The van der Waals surface area contributed by atoms with E-state index in [0.29, 0.717) is 0 Å². The number of carbonyl (C=O) groups excluding carboxylic acids is 1. The Hall–Kier alpha value is -2.05. The standard InChI is InChI=1S/C16H11BrO2/c1-11-2-4-12(5-3-11)6-8-15(18)14-10-13(17)7-9-16(14)19/h2-5,7,9-10,19H,1H3. The maximum atomic E-state index is 11.9. The van der Waals surface area contributed by atoms with E-state index in [1.807, 2.05) is 31.2 Å². The molecule has 2 aromatic carbocycles. The normalized spacial score (nSPS) is 9.58. The summed E-state index contributed by atoms with van der Waals surface area (Å²) < 4.78 is 0.728. The molecule has 0 aromatic heterocycles. The van der Waals surface area contributed by atoms with Crippen molar-refractivity contribution >= 4 is 21.7 Å². The summed E-state index contributed by atoms with van der Waals surface area (Å²) in [7, 11) is 0. The van der Waals surface area contributed by atoms with Gasteiger partial charge in [0.05, 0.1) is 5.56 Å². The number of carbonyl (C=O) groups is 1. The lowest BCUT2D eigenvalue weighted by Crippen LogP contribution is -1.95. The Bertz CT molecular complexity index is 676. The summed E-state index contributed by atoms with van der Waals surface area (Å²) in [4.78, 5) is 11.9. The summed E-state index contributed by atoms with van der Waals surface area (Å²) in [5.74, 6) is 4.86. The molecule has 19 heavy (non-hydrogen) atoms. The van der Waals surface area contributed by atoms with Gasteiger partial charge in [0.2, 0.25) is 5.78 Å². The monoisotopic (exact) mass is 314 g/mol. The highest BCUT2D eigenvalue weighted by molar-refractivity contribution is 9.10. The molecule has 2 rings (SSSR count). The van der Waals surface area contributed by atoms with E-state index < -0.39 is 5.78 Å². The number of hydrogen-bond acceptors (Lipinski definition) is 2. The van der Waals surface area contributed by atoms with Gasteiger partial charge in [-0.05, 0) is 43.2 Å². The first kappa shape index (κ1) is 13.4. The number of phenolic OH excluding ortho intramolecular Hbond substituents is 1. The predicted octanol–water partition coefficient (Wildman–Crippen LogP) is 3.70. The zero-order valence-corrected chi connectivity index (χ0v) is 11.9. The fourth-order valence-electron chi connectivity index (χ4n) is 1.52. The van der Waals surface area contributed by atoms with E-state index in [1.165, 1.54) is 6.07 Å². The first-order valence-corrected chi connectivity index (χ1v) is 6.47. The number of aryl methyl sites for hydroxylation is 1. The molecule has 3 heteroatoms. The minimum Gasteiger partial charge on any atom is -0.507 e. The van der Waals surface area contributed by atoms with E-state index in [-0.39, 0.29) is 11.3 Å². The lowest BCUT2D eigenvalue weighted by molar-refractivity contribution is 0.105. The third-order valence-electron chi connectivity index (χ3n) is 2.58. The number of phenols is 1. The first-order valence-electron chi connectivity index (χ1n) is 5.68. The van der Waals surface area contributed by atoms with Crippen molar-refractivity contribution in [1.82, 2.24) is 0 Å². The quantitative estimate of drug-likeness (QED) is 0.643. The lowest BCUT2D eigenvalue weighted by Gasteiger charge is -1.99. The third kappa shape index (κ3) is 3.46. The van der Waals surface area contributed by atoms with E-state index >= 15 is 0 Å². The van der Waals surface area contributed by atoms with Crippen LogP contribution >= 0.6 is 15.9 Å². The molecule has 0 unspecified atom stereocenters. The summed E-state index contributed by atoms with van der Waals surface area (Å²) in [6.45, 7) is 1.99. The van der Waals surface area contributed by atoms with Crippen LogP contribution in [0.4, 0.5) is 0 Å². The summed E-state index contributed by atoms with van der Waals surface area (Å²) in [5, 5.41) is 9.63. The Balaban J connectivity index is 2.27. The smallest absolute Gasteiger partial charge is 0.240 e. The maximum absolute atomic E-state index is 11.9. The van der Waals surface area contributed by atoms with Gasteiger partial charge in [0.15, 0.2) is 0 Å². The van der Waals surface area contributed by atoms with Crippen LogP contribution in [0.1, 0.15) is 21.5 Å². The van der Waals surface area contributed by atoms with Gasteiger partial charge in [0.1, 0.15) is 5.75 Å². The van der Waals surface area contributed by atoms with Crippen LogP contribution in [0.5, 0.6) is 5.75 Å². The summed E-state index contributed by atoms with van der Waals surface area (Å²) in [5.41, 5.74) is 2.11. The summed E-state index contributed by atoms with van der Waals surface area (Å²) in [6.07, 6.45) is 0. The molecule has 0 aliphatic heterocycles. The van der Waals surface area contributed by atoms with Crippen LogP contribution in [-0.4, -0.2) is 10.9 Å². The highest BCUT2D eigenvalue weighted by atomic mass is 79.9. The van der Waals surface area contributed by atoms with Crippen molar-refractivity contribution in [2.45, 2.75) is 6.92 Å². The van der Waals surface area contributed by atoms with Crippen molar-refractivity contribution in [3.8, 4) is 17.6 Å². The van der Waals surface area contributed by atoms with E-state index in [1.54, 1.807) is 12.1 Å². The number of ketones is 1. The van der Waals surface area contributed by atoms with Gasteiger partial charge in [0, 0.05) is 10.0 Å². The SMILES string of the molecule is Cc1ccc(C#CC(=O)c2cc(Br)ccc2O)cc1. The Morgan fingerprint density at radius 2 is 1.84 bits per heavy atom. The fourth-order valence-corrected chi connectivity index (χ4v) is 1.88. The van der Waals surface area contributed by atoms with Crippen LogP contribution < -0.4 is 0 Å². The molecule has 0 radical (unpaired) electrons. The molecule has 0 amide bonds. The molecule has 0 heterocycles. The topological polar surface area (TPSA) is 37.3 Å². The molecule has 2 nitrogen and oxygen atoms in total. The Kier molecular flexibility index (Phi) is 4.03. The zero-order valence-electron chi connectivity index (χ0n) is 10.3. The molecular formula is C16H11BrO2. The molecule has 0 spiro atoms. The maximum Gasteiger partial charge on any atom is 0.240 e. The van der Waals surface area contributed by atoms with Crippen LogP contribution in [0, 0.1) is 18.8 Å². The fraction of sp³-hybridized carbons (Fsp3) is 0.0625. The second-order valence-corrected chi connectivity index (χ2v) is 5.02. The van der Waals surface area contributed by atoms with Crippen molar-refractivity contribution in [2.75, 3.05) is 0 Å². The molecule has 0 bridgehead atoms. The zero-order chi connectivity index (χ0) is 13.8. The van der Waals surface area contributed by atoms with Crippen molar-refractivity contribution < 1.29 is 9.90 Å². The van der Waals surface area contributed by atoms with E-state index in [9.17, 15) is 9.90 Å². The van der Waals surface area contributed by atoms with Crippen molar-refractivity contribution in [2.24, 2.45) is 0 Å². The van der Waals surface area contributed by atoms with Gasteiger partial charge >= 0.3 is 0 Å². The number of hydrogen-bond donors (Lipinski definition) is 1. The minimum absolute atomic E-state index is 0.0635. The average Bonchev–Trinajstić information content (AvgIpc) is 2.40. The molecule has 1 N–H and O–H groups in total. The van der Waals surface area contributed by atoms with Gasteiger partial charge in [-0.2, -0.15) is 0 Å². The van der Waals surface area contributed by atoms with Gasteiger partial charge in [0.25, 0.3) is 0 Å². The molecule has 94 valence electrons. The van der Waals surface area contributed by atoms with E-state index in [4.69, 9.17) is 0 Å². The van der Waals surface area contributed by atoms with Crippen molar-refractivity contribution in [3.63, 3.8) is 0 Å². The summed E-state index contributed by atoms with van der Waals surface area (Å²) in [6, 6.07) is 12.3. The second-order valence-electron chi connectivity index (χ2n) is 4.11. The Morgan fingerprint density at radius 3 is 2.53 bits per heavy atom. The molecule has 0 aliphatic rings. The molecule has 0 fully saturated rings. The highest BCUT2D eigenvalue weighted by Gasteiger charge is 2.08. The van der Waals surface area contributed by atoms with Crippen molar-refractivity contribution in [1.29, 1.82) is 0 Å². The van der Waals surface area contributed by atoms with Gasteiger partial charge < -0.3 is 5.11 Å². The molecule has 2 aromatic rings. The van der Waals surface area contributed by atoms with Gasteiger partial charge in [-0.1, -0.05) is 39.5 Å². The molecular weight excluding hydrogens is 304 g/mol.